The summed E-state index contributed by atoms with van der Waals surface area (Å²) < 4.78 is 7.12. The normalized spacial score (nSPS) is 10.6. The van der Waals surface area contributed by atoms with Crippen molar-refractivity contribution in [2.75, 3.05) is 0 Å². The molecule has 0 aliphatic carbocycles. The second-order valence-corrected chi connectivity index (χ2v) is 4.97. The number of para-hydroxylation sites is 1. The molecule has 0 aliphatic heterocycles. The fourth-order valence-corrected chi connectivity index (χ4v) is 2.25. The van der Waals surface area contributed by atoms with Crippen LogP contribution in [0.25, 0.3) is 0 Å². The van der Waals surface area contributed by atoms with Gasteiger partial charge in [0, 0.05) is 7.05 Å². The van der Waals surface area contributed by atoms with Gasteiger partial charge in [-0.25, -0.2) is 4.79 Å². The molecule has 20 heavy (non-hydrogen) atoms. The Hall–Kier alpha value is -1.72. The Bertz CT molecular complexity index is 668. The summed E-state index contributed by atoms with van der Waals surface area (Å²) in [5.74, 6) is -0.980. The first-order valence-corrected chi connectivity index (χ1v) is 6.50. The molecule has 1 N–H and O–H groups in total. The number of aryl methyl sites for hydroxylation is 2. The molecule has 0 aliphatic rings. The van der Waals surface area contributed by atoms with E-state index in [0.717, 1.165) is 0 Å². The van der Waals surface area contributed by atoms with Crippen molar-refractivity contribution < 1.29 is 14.6 Å². The number of aromatic carboxylic acids is 1. The standard InChI is InChI=1S/C13H12Cl2N2O3/c1-7-11(15)10(17(2)16-7)6-20-12-8(13(18)19)4-3-5-9(12)14/h3-5H,6H2,1-2H3,(H,18,19). The van der Waals surface area contributed by atoms with Gasteiger partial charge >= 0.3 is 5.97 Å². The number of carboxylic acid groups (broad SMARTS) is 1. The largest absolute Gasteiger partial charge is 0.485 e. The highest BCUT2D eigenvalue weighted by atomic mass is 35.5. The number of ether oxygens (including phenoxy) is 1. The Kier molecular flexibility index (Phi) is 4.20. The molecule has 0 fully saturated rings. The van der Waals surface area contributed by atoms with E-state index in [1.807, 2.05) is 0 Å². The predicted octanol–water partition coefficient (Wildman–Crippen LogP) is 3.31. The Morgan fingerprint density at radius 2 is 2.15 bits per heavy atom. The fraction of sp³-hybridized carbons (Fsp3) is 0.231. The minimum absolute atomic E-state index is 0.00696. The van der Waals surface area contributed by atoms with Crippen LogP contribution in [-0.4, -0.2) is 20.9 Å². The highest BCUT2D eigenvalue weighted by molar-refractivity contribution is 6.32. The average Bonchev–Trinajstić information content (AvgIpc) is 2.62. The lowest BCUT2D eigenvalue weighted by molar-refractivity contribution is 0.0691. The Morgan fingerprint density at radius 3 is 2.70 bits per heavy atom. The summed E-state index contributed by atoms with van der Waals surface area (Å²) in [7, 11) is 1.74. The van der Waals surface area contributed by atoms with Gasteiger partial charge in [-0.05, 0) is 19.1 Å². The molecule has 5 nitrogen and oxygen atoms in total. The molecule has 0 unspecified atom stereocenters. The van der Waals surface area contributed by atoms with Crippen LogP contribution in [0.3, 0.4) is 0 Å². The molecule has 1 aromatic heterocycles. The van der Waals surface area contributed by atoms with Gasteiger partial charge in [-0.2, -0.15) is 5.10 Å². The third-order valence-corrected chi connectivity index (χ3v) is 3.60. The molecule has 2 aromatic rings. The number of nitrogens with zero attached hydrogens (tertiary/aromatic N) is 2. The summed E-state index contributed by atoms with van der Waals surface area (Å²) in [6.07, 6.45) is 0. The summed E-state index contributed by atoms with van der Waals surface area (Å²) in [6.45, 7) is 1.87. The van der Waals surface area contributed by atoms with Gasteiger partial charge in [0.1, 0.15) is 12.2 Å². The van der Waals surface area contributed by atoms with Crippen LogP contribution >= 0.6 is 23.2 Å². The van der Waals surface area contributed by atoms with E-state index in [1.54, 1.807) is 30.8 Å². The quantitative estimate of drug-likeness (QED) is 0.940. The number of carbonyl (C=O) groups is 1. The lowest BCUT2D eigenvalue weighted by Crippen LogP contribution is -2.07. The van der Waals surface area contributed by atoms with Crippen molar-refractivity contribution in [1.29, 1.82) is 0 Å². The number of hydrogen-bond acceptors (Lipinski definition) is 3. The number of aromatic nitrogens is 2. The third-order valence-electron chi connectivity index (χ3n) is 2.81. The van der Waals surface area contributed by atoms with Crippen molar-refractivity contribution >= 4 is 29.2 Å². The molecule has 0 radical (unpaired) electrons. The zero-order chi connectivity index (χ0) is 14.9. The number of halogens is 2. The van der Waals surface area contributed by atoms with Gasteiger partial charge in [-0.1, -0.05) is 29.3 Å². The van der Waals surface area contributed by atoms with Crippen molar-refractivity contribution in [1.82, 2.24) is 9.78 Å². The smallest absolute Gasteiger partial charge is 0.339 e. The molecule has 0 saturated heterocycles. The number of carboxylic acids is 1. The van der Waals surface area contributed by atoms with E-state index >= 15 is 0 Å². The van der Waals surface area contributed by atoms with Gasteiger partial charge in [0.25, 0.3) is 0 Å². The van der Waals surface area contributed by atoms with E-state index in [0.29, 0.717) is 16.4 Å². The summed E-state index contributed by atoms with van der Waals surface area (Å²) in [4.78, 5) is 11.1. The molecular weight excluding hydrogens is 303 g/mol. The van der Waals surface area contributed by atoms with Gasteiger partial charge in [-0.15, -0.1) is 0 Å². The molecule has 1 heterocycles. The van der Waals surface area contributed by atoms with Crippen LogP contribution in [-0.2, 0) is 13.7 Å². The maximum atomic E-state index is 11.1. The zero-order valence-corrected chi connectivity index (χ0v) is 12.4. The van der Waals surface area contributed by atoms with Crippen molar-refractivity contribution in [3.8, 4) is 5.75 Å². The Morgan fingerprint density at radius 1 is 1.45 bits per heavy atom. The summed E-state index contributed by atoms with van der Waals surface area (Å²) in [6, 6.07) is 4.55. The van der Waals surface area contributed by atoms with E-state index in [-0.39, 0.29) is 22.9 Å². The monoisotopic (exact) mass is 314 g/mol. The lowest BCUT2D eigenvalue weighted by atomic mass is 10.2. The predicted molar refractivity (Wildman–Crippen MR) is 75.7 cm³/mol. The van der Waals surface area contributed by atoms with Crippen LogP contribution in [0.2, 0.25) is 10.0 Å². The molecular formula is C13H12Cl2N2O3. The summed E-state index contributed by atoms with van der Waals surface area (Å²) >= 11 is 12.1. The average molecular weight is 315 g/mol. The van der Waals surface area contributed by atoms with Gasteiger partial charge in [0.2, 0.25) is 0 Å². The van der Waals surface area contributed by atoms with Crippen molar-refractivity contribution in [2.24, 2.45) is 7.05 Å². The summed E-state index contributed by atoms with van der Waals surface area (Å²) in [5.41, 5.74) is 1.35. The van der Waals surface area contributed by atoms with Gasteiger partial charge in [-0.3, -0.25) is 4.68 Å². The molecule has 0 spiro atoms. The maximum absolute atomic E-state index is 11.1. The lowest BCUT2D eigenvalue weighted by Gasteiger charge is -2.11. The maximum Gasteiger partial charge on any atom is 0.339 e. The topological polar surface area (TPSA) is 64.4 Å². The van der Waals surface area contributed by atoms with Crippen molar-refractivity contribution in [3.05, 3.63) is 45.2 Å². The van der Waals surface area contributed by atoms with E-state index in [1.165, 1.54) is 6.07 Å². The van der Waals surface area contributed by atoms with Crippen LogP contribution < -0.4 is 4.74 Å². The third kappa shape index (κ3) is 2.73. The first kappa shape index (κ1) is 14.7. The molecule has 0 atom stereocenters. The molecule has 0 saturated carbocycles. The molecule has 1 aromatic carbocycles. The Labute approximate surface area is 125 Å². The van der Waals surface area contributed by atoms with Gasteiger partial charge < -0.3 is 9.84 Å². The first-order valence-electron chi connectivity index (χ1n) is 5.74. The van der Waals surface area contributed by atoms with E-state index in [2.05, 4.69) is 5.10 Å². The molecule has 0 bridgehead atoms. The number of rotatable bonds is 4. The SMILES string of the molecule is Cc1nn(C)c(COc2c(Cl)cccc2C(=O)O)c1Cl. The second kappa shape index (κ2) is 5.73. The highest BCUT2D eigenvalue weighted by Gasteiger charge is 2.17. The van der Waals surface area contributed by atoms with Gasteiger partial charge in [0.05, 0.1) is 21.4 Å². The van der Waals surface area contributed by atoms with E-state index in [9.17, 15) is 4.79 Å². The molecule has 106 valence electrons. The zero-order valence-electron chi connectivity index (χ0n) is 10.9. The van der Waals surface area contributed by atoms with Crippen LogP contribution in [0.5, 0.6) is 5.75 Å². The summed E-state index contributed by atoms with van der Waals surface area (Å²) in [5, 5.41) is 14.0. The number of benzene rings is 1. The van der Waals surface area contributed by atoms with Crippen LogP contribution in [0.1, 0.15) is 21.7 Å². The van der Waals surface area contributed by atoms with Crippen molar-refractivity contribution in [2.45, 2.75) is 13.5 Å². The molecule has 7 heteroatoms. The van der Waals surface area contributed by atoms with E-state index in [4.69, 9.17) is 33.0 Å². The second-order valence-electron chi connectivity index (χ2n) is 4.18. The Balaban J connectivity index is 2.30. The van der Waals surface area contributed by atoms with E-state index < -0.39 is 5.97 Å². The van der Waals surface area contributed by atoms with Crippen LogP contribution in [0.4, 0.5) is 0 Å². The minimum Gasteiger partial charge on any atom is -0.485 e. The van der Waals surface area contributed by atoms with Crippen LogP contribution in [0, 0.1) is 6.92 Å². The molecule has 0 amide bonds. The fourth-order valence-electron chi connectivity index (χ4n) is 1.80. The first-order chi connectivity index (χ1) is 9.41. The molecule has 2 rings (SSSR count). The van der Waals surface area contributed by atoms with Gasteiger partial charge in [0.15, 0.2) is 5.75 Å². The van der Waals surface area contributed by atoms with Crippen LogP contribution in [0.15, 0.2) is 18.2 Å². The highest BCUT2D eigenvalue weighted by Crippen LogP contribution is 2.30. The minimum atomic E-state index is -1.10. The van der Waals surface area contributed by atoms with Crippen molar-refractivity contribution in [3.63, 3.8) is 0 Å². The number of hydrogen-bond donors (Lipinski definition) is 1.